The maximum atomic E-state index is 13.5. The van der Waals surface area contributed by atoms with Crippen LogP contribution in [0.5, 0.6) is 0 Å². The first kappa shape index (κ1) is 13.1. The van der Waals surface area contributed by atoms with Gasteiger partial charge in [0.05, 0.1) is 23.5 Å². The first-order valence-corrected chi connectivity index (χ1v) is 6.82. The van der Waals surface area contributed by atoms with Crippen LogP contribution in [-0.2, 0) is 12.4 Å². The van der Waals surface area contributed by atoms with Gasteiger partial charge in [-0.25, -0.2) is 9.37 Å². The standard InChI is InChI=1S/C15H13ClFN3/c1-10-4-5-18-8-11(10)9-20-14-6-12(17)2-3-13(14)19-15(20)7-16/h2-6,8H,7,9H2,1H3. The molecule has 3 aromatic rings. The summed E-state index contributed by atoms with van der Waals surface area (Å²) >= 11 is 5.96. The molecular formula is C15H13ClFN3. The fraction of sp³-hybridized carbons (Fsp3) is 0.200. The van der Waals surface area contributed by atoms with Crippen molar-refractivity contribution in [2.24, 2.45) is 0 Å². The summed E-state index contributed by atoms with van der Waals surface area (Å²) in [6, 6.07) is 6.53. The largest absolute Gasteiger partial charge is 0.322 e. The van der Waals surface area contributed by atoms with Crippen LogP contribution in [0.15, 0.2) is 36.7 Å². The predicted molar refractivity (Wildman–Crippen MR) is 77.3 cm³/mol. The van der Waals surface area contributed by atoms with Gasteiger partial charge >= 0.3 is 0 Å². The molecule has 0 atom stereocenters. The van der Waals surface area contributed by atoms with E-state index >= 15 is 0 Å². The Hall–Kier alpha value is -1.94. The topological polar surface area (TPSA) is 30.7 Å². The van der Waals surface area contributed by atoms with E-state index < -0.39 is 0 Å². The molecule has 0 aliphatic rings. The van der Waals surface area contributed by atoms with Gasteiger partial charge in [-0.2, -0.15) is 0 Å². The van der Waals surface area contributed by atoms with Crippen molar-refractivity contribution in [3.63, 3.8) is 0 Å². The SMILES string of the molecule is Cc1ccncc1Cn1c(CCl)nc2ccc(F)cc21. The van der Waals surface area contributed by atoms with Crippen LogP contribution < -0.4 is 0 Å². The van der Waals surface area contributed by atoms with Crippen molar-refractivity contribution in [3.8, 4) is 0 Å². The van der Waals surface area contributed by atoms with Crippen LogP contribution in [0.3, 0.4) is 0 Å². The smallest absolute Gasteiger partial charge is 0.125 e. The van der Waals surface area contributed by atoms with E-state index in [0.717, 1.165) is 28.0 Å². The third-order valence-corrected chi connectivity index (χ3v) is 3.62. The molecule has 0 unspecified atom stereocenters. The highest BCUT2D eigenvalue weighted by Gasteiger charge is 2.12. The average molecular weight is 290 g/mol. The van der Waals surface area contributed by atoms with Crippen LogP contribution in [0, 0.1) is 12.7 Å². The Morgan fingerprint density at radius 1 is 1.30 bits per heavy atom. The van der Waals surface area contributed by atoms with Crippen LogP contribution in [0.4, 0.5) is 4.39 Å². The normalized spacial score (nSPS) is 11.2. The van der Waals surface area contributed by atoms with Crippen LogP contribution in [0.25, 0.3) is 11.0 Å². The van der Waals surface area contributed by atoms with Crippen molar-refractivity contribution >= 4 is 22.6 Å². The summed E-state index contributed by atoms with van der Waals surface area (Å²) in [7, 11) is 0. The van der Waals surface area contributed by atoms with Crippen molar-refractivity contribution in [3.05, 3.63) is 59.4 Å². The Morgan fingerprint density at radius 2 is 2.15 bits per heavy atom. The number of imidazole rings is 1. The molecule has 0 spiro atoms. The van der Waals surface area contributed by atoms with Gasteiger partial charge < -0.3 is 4.57 Å². The zero-order chi connectivity index (χ0) is 14.1. The molecule has 0 N–H and O–H groups in total. The van der Waals surface area contributed by atoms with Crippen LogP contribution >= 0.6 is 11.6 Å². The van der Waals surface area contributed by atoms with E-state index in [2.05, 4.69) is 9.97 Å². The van der Waals surface area contributed by atoms with Crippen molar-refractivity contribution in [2.45, 2.75) is 19.3 Å². The van der Waals surface area contributed by atoms with Gasteiger partial charge in [0.2, 0.25) is 0 Å². The minimum Gasteiger partial charge on any atom is -0.322 e. The van der Waals surface area contributed by atoms with E-state index in [1.54, 1.807) is 12.3 Å². The lowest BCUT2D eigenvalue weighted by atomic mass is 10.1. The van der Waals surface area contributed by atoms with E-state index in [0.29, 0.717) is 6.54 Å². The second kappa shape index (κ2) is 5.21. The van der Waals surface area contributed by atoms with Crippen LogP contribution in [0.2, 0.25) is 0 Å². The van der Waals surface area contributed by atoms with Crippen LogP contribution in [0.1, 0.15) is 17.0 Å². The number of fused-ring (bicyclic) bond motifs is 1. The van der Waals surface area contributed by atoms with Crippen LogP contribution in [-0.4, -0.2) is 14.5 Å². The molecule has 0 amide bonds. The quantitative estimate of drug-likeness (QED) is 0.689. The third-order valence-electron chi connectivity index (χ3n) is 3.38. The van der Waals surface area contributed by atoms with Crippen molar-refractivity contribution in [1.82, 2.24) is 14.5 Å². The first-order chi connectivity index (χ1) is 9.69. The summed E-state index contributed by atoms with van der Waals surface area (Å²) in [5, 5.41) is 0. The number of rotatable bonds is 3. The summed E-state index contributed by atoms with van der Waals surface area (Å²) in [4.78, 5) is 8.58. The number of aromatic nitrogens is 3. The number of hydrogen-bond donors (Lipinski definition) is 0. The molecule has 102 valence electrons. The van der Waals surface area contributed by atoms with Gasteiger partial charge in [0.1, 0.15) is 11.6 Å². The molecule has 2 aromatic heterocycles. The molecule has 0 radical (unpaired) electrons. The number of halogens is 2. The van der Waals surface area contributed by atoms with Crippen molar-refractivity contribution in [2.75, 3.05) is 0 Å². The number of pyridine rings is 1. The van der Waals surface area contributed by atoms with Crippen molar-refractivity contribution < 1.29 is 4.39 Å². The Balaban J connectivity index is 2.14. The maximum absolute atomic E-state index is 13.5. The molecule has 0 aliphatic heterocycles. The molecule has 20 heavy (non-hydrogen) atoms. The Morgan fingerprint density at radius 3 is 2.90 bits per heavy atom. The van der Waals surface area contributed by atoms with E-state index in [4.69, 9.17) is 11.6 Å². The summed E-state index contributed by atoms with van der Waals surface area (Å²) in [6.07, 6.45) is 3.57. The number of benzene rings is 1. The fourth-order valence-electron chi connectivity index (χ4n) is 2.26. The second-order valence-corrected chi connectivity index (χ2v) is 4.95. The summed E-state index contributed by atoms with van der Waals surface area (Å²) in [6.45, 7) is 2.61. The maximum Gasteiger partial charge on any atom is 0.125 e. The summed E-state index contributed by atoms with van der Waals surface area (Å²) < 4.78 is 15.4. The summed E-state index contributed by atoms with van der Waals surface area (Å²) in [5.41, 5.74) is 3.72. The fourth-order valence-corrected chi connectivity index (χ4v) is 2.46. The van der Waals surface area contributed by atoms with E-state index in [9.17, 15) is 4.39 Å². The second-order valence-electron chi connectivity index (χ2n) is 4.68. The third kappa shape index (κ3) is 2.27. The molecule has 0 bridgehead atoms. The number of hydrogen-bond acceptors (Lipinski definition) is 2. The van der Waals surface area contributed by atoms with Gasteiger partial charge in [0, 0.05) is 12.4 Å². The van der Waals surface area contributed by atoms with Gasteiger partial charge in [-0.3, -0.25) is 4.98 Å². The first-order valence-electron chi connectivity index (χ1n) is 6.29. The van der Waals surface area contributed by atoms with Gasteiger partial charge in [0.25, 0.3) is 0 Å². The van der Waals surface area contributed by atoms with E-state index in [1.165, 1.54) is 12.1 Å². The molecular weight excluding hydrogens is 277 g/mol. The highest BCUT2D eigenvalue weighted by molar-refractivity contribution is 6.16. The van der Waals surface area contributed by atoms with E-state index in [1.807, 2.05) is 23.8 Å². The lowest BCUT2D eigenvalue weighted by molar-refractivity contribution is 0.628. The van der Waals surface area contributed by atoms with Gasteiger partial charge in [-0.1, -0.05) is 0 Å². The lowest BCUT2D eigenvalue weighted by Crippen LogP contribution is -2.05. The Bertz CT molecular complexity index is 767. The molecule has 0 fully saturated rings. The molecule has 2 heterocycles. The lowest BCUT2D eigenvalue weighted by Gasteiger charge is -2.09. The Labute approximate surface area is 121 Å². The zero-order valence-corrected chi connectivity index (χ0v) is 11.7. The average Bonchev–Trinajstić information content (AvgIpc) is 2.79. The molecule has 0 aliphatic carbocycles. The zero-order valence-electron chi connectivity index (χ0n) is 11.0. The van der Waals surface area contributed by atoms with Crippen molar-refractivity contribution in [1.29, 1.82) is 0 Å². The molecule has 1 aromatic carbocycles. The van der Waals surface area contributed by atoms with E-state index in [-0.39, 0.29) is 11.7 Å². The predicted octanol–water partition coefficient (Wildman–Crippen LogP) is 3.67. The monoisotopic (exact) mass is 289 g/mol. The number of aryl methyl sites for hydroxylation is 1. The Kier molecular flexibility index (Phi) is 3.40. The highest BCUT2D eigenvalue weighted by Crippen LogP contribution is 2.21. The minimum absolute atomic E-state index is 0.275. The summed E-state index contributed by atoms with van der Waals surface area (Å²) in [5.74, 6) is 0.744. The van der Waals surface area contributed by atoms with Gasteiger partial charge in [-0.15, -0.1) is 11.6 Å². The number of nitrogens with zero attached hydrogens (tertiary/aromatic N) is 3. The van der Waals surface area contributed by atoms with Gasteiger partial charge in [0.15, 0.2) is 0 Å². The number of alkyl halides is 1. The minimum atomic E-state index is -0.275. The molecule has 3 rings (SSSR count). The molecule has 0 saturated carbocycles. The molecule has 3 nitrogen and oxygen atoms in total. The molecule has 0 saturated heterocycles. The highest BCUT2D eigenvalue weighted by atomic mass is 35.5. The van der Waals surface area contributed by atoms with Gasteiger partial charge in [-0.05, 0) is 42.3 Å². The molecule has 5 heteroatoms.